The largest absolute Gasteiger partial charge is 0.486 e. The lowest BCUT2D eigenvalue weighted by molar-refractivity contribution is -0.145. The number of carbonyl (C=O) groups is 1. The molecule has 0 aliphatic carbocycles. The van der Waals surface area contributed by atoms with Crippen LogP contribution in [0.15, 0.2) is 42.5 Å². The summed E-state index contributed by atoms with van der Waals surface area (Å²) < 4.78 is 16.7. The van der Waals surface area contributed by atoms with Gasteiger partial charge in [0.05, 0.1) is 6.61 Å². The molecule has 142 valence electrons. The van der Waals surface area contributed by atoms with Crippen molar-refractivity contribution in [2.24, 2.45) is 0 Å². The van der Waals surface area contributed by atoms with Gasteiger partial charge in [0.1, 0.15) is 25.4 Å². The zero-order valence-corrected chi connectivity index (χ0v) is 16.4. The van der Waals surface area contributed by atoms with Crippen LogP contribution in [0.25, 0.3) is 0 Å². The van der Waals surface area contributed by atoms with E-state index in [1.807, 2.05) is 49.4 Å². The van der Waals surface area contributed by atoms with E-state index in [9.17, 15) is 4.79 Å². The number of aryl methyl sites for hydroxylation is 1. The highest BCUT2D eigenvalue weighted by Crippen LogP contribution is 2.29. The molecule has 2 aromatic carbocycles. The SMILES string of the molecule is [B]c1cccc(C(CCCC)Oc2ccc(OCC(=O)OCC)c(C)c2)c1. The Bertz CT molecular complexity index is 745. The lowest BCUT2D eigenvalue weighted by Gasteiger charge is -2.21. The Hall–Kier alpha value is -2.43. The highest BCUT2D eigenvalue weighted by atomic mass is 16.6. The van der Waals surface area contributed by atoms with E-state index in [4.69, 9.17) is 22.1 Å². The molecule has 27 heavy (non-hydrogen) atoms. The maximum Gasteiger partial charge on any atom is 0.344 e. The number of unbranched alkanes of at least 4 members (excludes halogenated alkanes) is 1. The molecule has 2 aromatic rings. The monoisotopic (exact) mass is 366 g/mol. The summed E-state index contributed by atoms with van der Waals surface area (Å²) in [6.07, 6.45) is 3.03. The van der Waals surface area contributed by atoms with Crippen molar-refractivity contribution in [3.05, 3.63) is 53.6 Å². The molecule has 0 heterocycles. The minimum atomic E-state index is -0.376. The summed E-state index contributed by atoms with van der Waals surface area (Å²) in [5.41, 5.74) is 2.71. The Morgan fingerprint density at radius 1 is 1.15 bits per heavy atom. The minimum absolute atomic E-state index is 0.0563. The van der Waals surface area contributed by atoms with Crippen molar-refractivity contribution in [1.82, 2.24) is 0 Å². The van der Waals surface area contributed by atoms with Gasteiger partial charge in [0, 0.05) is 0 Å². The van der Waals surface area contributed by atoms with E-state index in [1.54, 1.807) is 6.92 Å². The second kappa shape index (κ2) is 10.7. The zero-order chi connectivity index (χ0) is 19.6. The van der Waals surface area contributed by atoms with Gasteiger partial charge >= 0.3 is 5.97 Å². The van der Waals surface area contributed by atoms with Gasteiger partial charge in [0.2, 0.25) is 0 Å². The Morgan fingerprint density at radius 2 is 1.96 bits per heavy atom. The van der Waals surface area contributed by atoms with Gasteiger partial charge < -0.3 is 14.2 Å². The summed E-state index contributed by atoms with van der Waals surface area (Å²) in [5.74, 6) is 1.03. The van der Waals surface area contributed by atoms with Crippen LogP contribution in [-0.4, -0.2) is 27.0 Å². The molecule has 0 amide bonds. The molecular formula is C22H27BO4. The summed E-state index contributed by atoms with van der Waals surface area (Å²) in [4.78, 5) is 11.4. The van der Waals surface area contributed by atoms with Gasteiger partial charge in [-0.25, -0.2) is 4.79 Å². The van der Waals surface area contributed by atoms with E-state index in [0.717, 1.165) is 41.6 Å². The third-order valence-corrected chi connectivity index (χ3v) is 4.18. The quantitative estimate of drug-likeness (QED) is 0.470. The van der Waals surface area contributed by atoms with Crippen LogP contribution >= 0.6 is 0 Å². The Labute approximate surface area is 163 Å². The van der Waals surface area contributed by atoms with Crippen LogP contribution in [-0.2, 0) is 9.53 Å². The average molecular weight is 366 g/mol. The van der Waals surface area contributed by atoms with Crippen LogP contribution < -0.4 is 14.9 Å². The van der Waals surface area contributed by atoms with Gasteiger partial charge in [-0.05, 0) is 56.0 Å². The Morgan fingerprint density at radius 3 is 2.63 bits per heavy atom. The van der Waals surface area contributed by atoms with Gasteiger partial charge in [0.25, 0.3) is 0 Å². The Balaban J connectivity index is 2.08. The number of rotatable bonds is 10. The average Bonchev–Trinajstić information content (AvgIpc) is 2.64. The summed E-state index contributed by atoms with van der Waals surface area (Å²) >= 11 is 0. The fourth-order valence-corrected chi connectivity index (χ4v) is 2.80. The predicted octanol–water partition coefficient (Wildman–Crippen LogP) is 4.04. The van der Waals surface area contributed by atoms with Crippen molar-refractivity contribution in [2.45, 2.75) is 46.1 Å². The van der Waals surface area contributed by atoms with Crippen molar-refractivity contribution < 1.29 is 19.0 Å². The first-order chi connectivity index (χ1) is 13.0. The van der Waals surface area contributed by atoms with Crippen LogP contribution in [0.1, 0.15) is 50.3 Å². The van der Waals surface area contributed by atoms with Crippen LogP contribution in [0.5, 0.6) is 11.5 Å². The first-order valence-corrected chi connectivity index (χ1v) is 9.44. The van der Waals surface area contributed by atoms with Crippen LogP contribution in [0.3, 0.4) is 0 Å². The van der Waals surface area contributed by atoms with Gasteiger partial charge in [0.15, 0.2) is 6.61 Å². The summed E-state index contributed by atoms with van der Waals surface area (Å²) in [6.45, 7) is 6.10. The molecule has 0 spiro atoms. The lowest BCUT2D eigenvalue weighted by atomic mass is 9.92. The third kappa shape index (κ3) is 6.67. The molecule has 0 fully saturated rings. The number of hydrogen-bond acceptors (Lipinski definition) is 4. The summed E-state index contributed by atoms with van der Waals surface area (Å²) in [7, 11) is 5.93. The number of ether oxygens (including phenoxy) is 3. The van der Waals surface area contributed by atoms with Crippen LogP contribution in [0.4, 0.5) is 0 Å². The van der Waals surface area contributed by atoms with E-state index in [0.29, 0.717) is 12.4 Å². The second-order valence-electron chi connectivity index (χ2n) is 6.44. The number of benzene rings is 2. The van der Waals surface area contributed by atoms with E-state index in [1.165, 1.54) is 0 Å². The van der Waals surface area contributed by atoms with Crippen molar-refractivity contribution in [3.63, 3.8) is 0 Å². The molecule has 0 saturated carbocycles. The molecule has 0 aliphatic rings. The van der Waals surface area contributed by atoms with Gasteiger partial charge in [-0.15, -0.1) is 0 Å². The number of hydrogen-bond donors (Lipinski definition) is 0. The molecule has 0 aromatic heterocycles. The molecule has 4 nitrogen and oxygen atoms in total. The van der Waals surface area contributed by atoms with Gasteiger partial charge in [-0.3, -0.25) is 0 Å². The molecule has 0 bridgehead atoms. The highest BCUT2D eigenvalue weighted by molar-refractivity contribution is 6.32. The molecule has 0 aliphatic heterocycles. The van der Waals surface area contributed by atoms with Gasteiger partial charge in [-0.2, -0.15) is 0 Å². The number of carbonyl (C=O) groups excluding carboxylic acids is 1. The smallest absolute Gasteiger partial charge is 0.344 e. The molecule has 2 rings (SSSR count). The molecular weight excluding hydrogens is 339 g/mol. The van der Waals surface area contributed by atoms with E-state index < -0.39 is 0 Å². The van der Waals surface area contributed by atoms with E-state index in [2.05, 4.69) is 6.92 Å². The lowest BCUT2D eigenvalue weighted by Crippen LogP contribution is -2.15. The van der Waals surface area contributed by atoms with Crippen molar-refractivity contribution in [1.29, 1.82) is 0 Å². The highest BCUT2D eigenvalue weighted by Gasteiger charge is 2.14. The predicted molar refractivity (Wildman–Crippen MR) is 108 cm³/mol. The molecule has 2 radical (unpaired) electrons. The molecule has 0 saturated heterocycles. The standard InChI is InChI=1S/C22H27BO4/c1-4-6-10-21(17-8-7-9-18(23)14-17)27-19-11-12-20(16(3)13-19)26-15-22(24)25-5-2/h7-9,11-14,21H,4-6,10,15H2,1-3H3. The van der Waals surface area contributed by atoms with Gasteiger partial charge in [-0.1, -0.05) is 43.1 Å². The fraction of sp³-hybridized carbons (Fsp3) is 0.409. The van der Waals surface area contributed by atoms with Crippen molar-refractivity contribution >= 4 is 19.3 Å². The van der Waals surface area contributed by atoms with Crippen molar-refractivity contribution in [3.8, 4) is 11.5 Å². The zero-order valence-electron chi connectivity index (χ0n) is 16.4. The Kier molecular flexibility index (Phi) is 8.24. The normalized spacial score (nSPS) is 11.7. The summed E-state index contributed by atoms with van der Waals surface area (Å²) in [5, 5.41) is 0. The van der Waals surface area contributed by atoms with E-state index >= 15 is 0 Å². The maximum atomic E-state index is 11.4. The third-order valence-electron chi connectivity index (χ3n) is 4.18. The maximum absolute atomic E-state index is 11.4. The molecule has 5 heteroatoms. The topological polar surface area (TPSA) is 44.8 Å². The minimum Gasteiger partial charge on any atom is -0.486 e. The van der Waals surface area contributed by atoms with Crippen molar-refractivity contribution in [2.75, 3.05) is 13.2 Å². The molecule has 1 atom stereocenters. The molecule has 0 N–H and O–H groups in total. The molecule has 1 unspecified atom stereocenters. The van der Waals surface area contributed by atoms with Crippen LogP contribution in [0.2, 0.25) is 0 Å². The number of esters is 1. The van der Waals surface area contributed by atoms with Crippen LogP contribution in [0, 0.1) is 6.92 Å². The first kappa shape index (κ1) is 20.9. The van der Waals surface area contributed by atoms with E-state index in [-0.39, 0.29) is 18.7 Å². The summed E-state index contributed by atoms with van der Waals surface area (Å²) in [6, 6.07) is 13.4. The fourth-order valence-electron chi connectivity index (χ4n) is 2.80. The first-order valence-electron chi connectivity index (χ1n) is 9.44. The second-order valence-corrected chi connectivity index (χ2v) is 6.44.